The SMILES string of the molecule is CC(Cc1ccsc1)NC(=O)c1cc(F)c(F)cc1N. The maximum atomic E-state index is 13.2. The van der Waals surface area contributed by atoms with Crippen LogP contribution in [0.25, 0.3) is 0 Å². The molecule has 0 bridgehead atoms. The molecule has 3 nitrogen and oxygen atoms in total. The highest BCUT2D eigenvalue weighted by Gasteiger charge is 2.16. The molecule has 1 heterocycles. The minimum absolute atomic E-state index is 0.0546. The summed E-state index contributed by atoms with van der Waals surface area (Å²) in [6.07, 6.45) is 0.665. The van der Waals surface area contributed by atoms with Gasteiger partial charge in [0, 0.05) is 17.8 Å². The van der Waals surface area contributed by atoms with Gasteiger partial charge < -0.3 is 11.1 Å². The Bertz CT molecular complexity index is 614. The van der Waals surface area contributed by atoms with Crippen LogP contribution in [0, 0.1) is 11.6 Å². The number of hydrogen-bond acceptors (Lipinski definition) is 3. The average molecular weight is 296 g/mol. The van der Waals surface area contributed by atoms with Gasteiger partial charge in [0.25, 0.3) is 5.91 Å². The molecule has 6 heteroatoms. The van der Waals surface area contributed by atoms with Crippen molar-refractivity contribution in [3.8, 4) is 0 Å². The van der Waals surface area contributed by atoms with E-state index in [-0.39, 0.29) is 17.3 Å². The molecule has 0 aliphatic carbocycles. The van der Waals surface area contributed by atoms with E-state index in [4.69, 9.17) is 5.73 Å². The molecule has 0 saturated heterocycles. The Morgan fingerprint density at radius 3 is 2.75 bits per heavy atom. The number of halogens is 2. The Kier molecular flexibility index (Phi) is 4.34. The fourth-order valence-electron chi connectivity index (χ4n) is 1.87. The van der Waals surface area contributed by atoms with Crippen LogP contribution in [-0.2, 0) is 6.42 Å². The van der Waals surface area contributed by atoms with Crippen LogP contribution >= 0.6 is 11.3 Å². The van der Waals surface area contributed by atoms with Gasteiger partial charge in [-0.25, -0.2) is 8.78 Å². The standard InChI is InChI=1S/C14H14F2N2OS/c1-8(4-9-2-3-20-7-9)18-14(19)10-5-11(15)12(16)6-13(10)17/h2-3,5-8H,4,17H2,1H3,(H,18,19). The highest BCUT2D eigenvalue weighted by atomic mass is 32.1. The molecule has 1 atom stereocenters. The summed E-state index contributed by atoms with van der Waals surface area (Å²) >= 11 is 1.58. The smallest absolute Gasteiger partial charge is 0.253 e. The Hall–Kier alpha value is -1.95. The molecule has 1 aromatic carbocycles. The molecule has 1 unspecified atom stereocenters. The molecule has 2 rings (SSSR count). The van der Waals surface area contributed by atoms with Crippen LogP contribution in [-0.4, -0.2) is 11.9 Å². The van der Waals surface area contributed by atoms with E-state index in [9.17, 15) is 13.6 Å². The number of nitrogens with one attached hydrogen (secondary N) is 1. The first-order valence-corrected chi connectivity index (χ1v) is 6.98. The molecule has 1 aromatic heterocycles. The number of benzene rings is 1. The number of hydrogen-bond donors (Lipinski definition) is 2. The third-order valence-electron chi connectivity index (χ3n) is 2.84. The van der Waals surface area contributed by atoms with Gasteiger partial charge in [-0.2, -0.15) is 11.3 Å². The van der Waals surface area contributed by atoms with Crippen LogP contribution in [0.4, 0.5) is 14.5 Å². The Labute approximate surface area is 119 Å². The highest BCUT2D eigenvalue weighted by molar-refractivity contribution is 7.07. The number of amides is 1. The largest absolute Gasteiger partial charge is 0.398 e. The van der Waals surface area contributed by atoms with Crippen LogP contribution in [0.15, 0.2) is 29.0 Å². The maximum Gasteiger partial charge on any atom is 0.253 e. The lowest BCUT2D eigenvalue weighted by Gasteiger charge is -2.14. The van der Waals surface area contributed by atoms with Crippen molar-refractivity contribution < 1.29 is 13.6 Å². The molecule has 0 spiro atoms. The molecular weight excluding hydrogens is 282 g/mol. The Balaban J connectivity index is 2.06. The third kappa shape index (κ3) is 3.33. The van der Waals surface area contributed by atoms with E-state index in [0.29, 0.717) is 6.42 Å². The second-order valence-electron chi connectivity index (χ2n) is 4.56. The van der Waals surface area contributed by atoms with E-state index in [1.165, 1.54) is 0 Å². The van der Waals surface area contributed by atoms with Crippen molar-refractivity contribution >= 4 is 22.9 Å². The molecule has 1 amide bonds. The van der Waals surface area contributed by atoms with Gasteiger partial charge in [0.15, 0.2) is 11.6 Å². The molecule has 106 valence electrons. The van der Waals surface area contributed by atoms with Gasteiger partial charge >= 0.3 is 0 Å². The van der Waals surface area contributed by atoms with Gasteiger partial charge in [0.2, 0.25) is 0 Å². The Morgan fingerprint density at radius 1 is 1.40 bits per heavy atom. The van der Waals surface area contributed by atoms with Crippen molar-refractivity contribution in [3.05, 3.63) is 51.7 Å². The molecule has 20 heavy (non-hydrogen) atoms. The number of rotatable bonds is 4. The number of thiophene rings is 1. The van der Waals surface area contributed by atoms with E-state index in [1.807, 2.05) is 23.8 Å². The number of anilines is 1. The highest BCUT2D eigenvalue weighted by Crippen LogP contribution is 2.17. The van der Waals surface area contributed by atoms with Gasteiger partial charge in [-0.1, -0.05) is 0 Å². The van der Waals surface area contributed by atoms with Gasteiger partial charge in [-0.3, -0.25) is 4.79 Å². The summed E-state index contributed by atoms with van der Waals surface area (Å²) in [7, 11) is 0. The lowest BCUT2D eigenvalue weighted by Crippen LogP contribution is -2.34. The summed E-state index contributed by atoms with van der Waals surface area (Å²) in [6, 6.07) is 3.47. The first kappa shape index (κ1) is 14.5. The van der Waals surface area contributed by atoms with Crippen molar-refractivity contribution in [1.29, 1.82) is 0 Å². The molecule has 0 aliphatic rings. The zero-order valence-corrected chi connectivity index (χ0v) is 11.6. The summed E-state index contributed by atoms with van der Waals surface area (Å²) in [6.45, 7) is 1.84. The van der Waals surface area contributed by atoms with E-state index >= 15 is 0 Å². The molecule has 3 N–H and O–H groups in total. The quantitative estimate of drug-likeness (QED) is 0.852. The van der Waals surface area contributed by atoms with E-state index in [0.717, 1.165) is 17.7 Å². The fourth-order valence-corrected chi connectivity index (χ4v) is 2.56. The summed E-state index contributed by atoms with van der Waals surface area (Å²) in [5.74, 6) is -2.66. The second-order valence-corrected chi connectivity index (χ2v) is 5.34. The van der Waals surface area contributed by atoms with Crippen LogP contribution in [0.3, 0.4) is 0 Å². The molecule has 0 radical (unpaired) electrons. The molecule has 0 fully saturated rings. The third-order valence-corrected chi connectivity index (χ3v) is 3.57. The van der Waals surface area contributed by atoms with Crippen LogP contribution in [0.5, 0.6) is 0 Å². The minimum atomic E-state index is -1.09. The minimum Gasteiger partial charge on any atom is -0.398 e. The predicted molar refractivity (Wildman–Crippen MR) is 75.7 cm³/mol. The summed E-state index contributed by atoms with van der Waals surface area (Å²) in [4.78, 5) is 12.0. The van der Waals surface area contributed by atoms with Crippen molar-refractivity contribution in [2.24, 2.45) is 0 Å². The molecular formula is C14H14F2N2OS. The lowest BCUT2D eigenvalue weighted by molar-refractivity contribution is 0.0940. The number of nitrogens with two attached hydrogens (primary N) is 1. The van der Waals surface area contributed by atoms with E-state index in [2.05, 4.69) is 5.32 Å². The maximum absolute atomic E-state index is 13.2. The summed E-state index contributed by atoms with van der Waals surface area (Å²) < 4.78 is 26.1. The monoisotopic (exact) mass is 296 g/mol. The molecule has 0 aliphatic heterocycles. The first-order valence-electron chi connectivity index (χ1n) is 6.04. The fraction of sp³-hybridized carbons (Fsp3) is 0.214. The summed E-state index contributed by atoms with van der Waals surface area (Å²) in [5.41, 5.74) is 6.52. The lowest BCUT2D eigenvalue weighted by atomic mass is 10.1. The van der Waals surface area contributed by atoms with Gasteiger partial charge in [-0.15, -0.1) is 0 Å². The number of carbonyl (C=O) groups is 1. The van der Waals surface area contributed by atoms with E-state index < -0.39 is 17.5 Å². The van der Waals surface area contributed by atoms with Crippen LogP contribution < -0.4 is 11.1 Å². The van der Waals surface area contributed by atoms with Crippen molar-refractivity contribution in [2.45, 2.75) is 19.4 Å². The molecule has 2 aromatic rings. The van der Waals surface area contributed by atoms with Crippen LogP contribution in [0.2, 0.25) is 0 Å². The first-order chi connectivity index (χ1) is 9.47. The number of carbonyl (C=O) groups excluding carboxylic acids is 1. The normalized spacial score (nSPS) is 12.2. The van der Waals surface area contributed by atoms with Crippen LogP contribution in [0.1, 0.15) is 22.8 Å². The van der Waals surface area contributed by atoms with Gasteiger partial charge in [0.1, 0.15) is 0 Å². The summed E-state index contributed by atoms with van der Waals surface area (Å²) in [5, 5.41) is 6.67. The van der Waals surface area contributed by atoms with Crippen molar-refractivity contribution in [2.75, 3.05) is 5.73 Å². The second kappa shape index (κ2) is 6.00. The van der Waals surface area contributed by atoms with Gasteiger partial charge in [-0.05, 0) is 41.8 Å². The molecule has 0 saturated carbocycles. The van der Waals surface area contributed by atoms with Crippen molar-refractivity contribution in [1.82, 2.24) is 5.32 Å². The zero-order chi connectivity index (χ0) is 14.7. The van der Waals surface area contributed by atoms with E-state index in [1.54, 1.807) is 11.3 Å². The zero-order valence-electron chi connectivity index (χ0n) is 10.8. The number of nitrogen functional groups attached to an aromatic ring is 1. The average Bonchev–Trinajstić information content (AvgIpc) is 2.86. The van der Waals surface area contributed by atoms with Gasteiger partial charge in [0.05, 0.1) is 5.56 Å². The topological polar surface area (TPSA) is 55.1 Å². The Morgan fingerprint density at radius 2 is 2.10 bits per heavy atom. The van der Waals surface area contributed by atoms with Crippen molar-refractivity contribution in [3.63, 3.8) is 0 Å². The predicted octanol–water partition coefficient (Wildman–Crippen LogP) is 2.97.